The van der Waals surface area contributed by atoms with Crippen molar-refractivity contribution in [2.45, 2.75) is 26.3 Å². The third-order valence-electron chi connectivity index (χ3n) is 6.07. The minimum absolute atomic E-state index is 0.167. The number of carboxylic acid groups (broad SMARTS) is 3. The molecule has 1 fully saturated rings. The van der Waals surface area contributed by atoms with Gasteiger partial charge in [-0.25, -0.2) is 0 Å². The normalized spacial score (nSPS) is 19.1. The van der Waals surface area contributed by atoms with Gasteiger partial charge < -0.3 is 25.4 Å². The lowest BCUT2D eigenvalue weighted by Gasteiger charge is -2.36. The molecule has 1 aliphatic heterocycles. The van der Waals surface area contributed by atoms with Gasteiger partial charge >= 0.3 is 17.9 Å². The molecule has 0 radical (unpaired) electrons. The summed E-state index contributed by atoms with van der Waals surface area (Å²) in [5, 5.41) is 31.5. The molecule has 0 aromatic heterocycles. The quantitative estimate of drug-likeness (QED) is 0.318. The number of carbonyl (C=O) groups is 3. The molecule has 0 spiro atoms. The molecule has 1 heterocycles. The second-order valence-corrected chi connectivity index (χ2v) is 9.91. The molecule has 12 heteroatoms. The Morgan fingerprint density at radius 1 is 0.919 bits per heavy atom. The molecule has 0 unspecified atom stereocenters. The Hall–Kier alpha value is -2.64. The molecule has 1 aromatic rings. The molecule has 0 aliphatic carbocycles. The van der Waals surface area contributed by atoms with Gasteiger partial charge in [0.1, 0.15) is 0 Å². The van der Waals surface area contributed by atoms with Crippen LogP contribution in [0.2, 0.25) is 0 Å². The van der Waals surface area contributed by atoms with Crippen molar-refractivity contribution in [1.29, 1.82) is 0 Å². The molecule has 0 bridgehead atoms. The highest BCUT2D eigenvalue weighted by Crippen LogP contribution is 2.16. The van der Waals surface area contributed by atoms with Crippen molar-refractivity contribution in [1.82, 2.24) is 14.7 Å². The predicted octanol–water partition coefficient (Wildman–Crippen LogP) is 1.18. The molecule has 1 saturated heterocycles. The fourth-order valence-corrected chi connectivity index (χ4v) is 4.22. The number of nitrogens with zero attached hydrogens (tertiary/aromatic N) is 3. The first kappa shape index (κ1) is 30.6. The molecule has 1 aliphatic rings. The maximum Gasteiger partial charge on any atom is 0.317 e. The molecule has 4 N–H and O–H groups in total. The van der Waals surface area contributed by atoms with Crippen LogP contribution in [0, 0.1) is 5.92 Å². The third-order valence-corrected chi connectivity index (χ3v) is 6.64. The Labute approximate surface area is 223 Å². The van der Waals surface area contributed by atoms with Crippen molar-refractivity contribution in [2.24, 2.45) is 5.92 Å². The number of aliphatic carboxylic acids is 3. The fourth-order valence-electron chi connectivity index (χ4n) is 4.10. The molecule has 206 valence electrons. The van der Waals surface area contributed by atoms with E-state index in [1.807, 2.05) is 43.0 Å². The molecule has 1 atom stereocenters. The van der Waals surface area contributed by atoms with Crippen LogP contribution < -0.4 is 5.32 Å². The van der Waals surface area contributed by atoms with Crippen molar-refractivity contribution in [3.8, 4) is 0 Å². The van der Waals surface area contributed by atoms with Gasteiger partial charge in [0, 0.05) is 50.4 Å². The second-order valence-electron chi connectivity index (χ2n) is 9.47. The van der Waals surface area contributed by atoms with Gasteiger partial charge in [-0.2, -0.15) is 0 Å². The topological polar surface area (TPSA) is 143 Å². The van der Waals surface area contributed by atoms with Gasteiger partial charge in [0.25, 0.3) is 0 Å². The first-order valence-corrected chi connectivity index (χ1v) is 12.8. The average molecular weight is 539 g/mol. The smallest absolute Gasteiger partial charge is 0.317 e. The number of carboxylic acids is 3. The number of anilines is 1. The zero-order chi connectivity index (χ0) is 27.4. The summed E-state index contributed by atoms with van der Waals surface area (Å²) >= 11 is 5.36. The summed E-state index contributed by atoms with van der Waals surface area (Å²) in [6, 6.07) is 7.44. The van der Waals surface area contributed by atoms with Gasteiger partial charge in [0.05, 0.1) is 37.8 Å². The minimum Gasteiger partial charge on any atom is -0.480 e. The van der Waals surface area contributed by atoms with E-state index in [1.54, 1.807) is 9.80 Å². The van der Waals surface area contributed by atoms with E-state index >= 15 is 0 Å². The molecule has 11 nitrogen and oxygen atoms in total. The van der Waals surface area contributed by atoms with E-state index < -0.39 is 17.9 Å². The van der Waals surface area contributed by atoms with Gasteiger partial charge in [-0.15, -0.1) is 0 Å². The highest BCUT2D eigenvalue weighted by molar-refractivity contribution is 7.80. The molecule has 0 saturated carbocycles. The zero-order valence-electron chi connectivity index (χ0n) is 21.5. The Kier molecular flexibility index (Phi) is 12.9. The summed E-state index contributed by atoms with van der Waals surface area (Å²) in [6.07, 6.45) is 0.497. The number of hydrogen-bond acceptors (Lipinski definition) is 8. The van der Waals surface area contributed by atoms with Gasteiger partial charge in [-0.1, -0.05) is 38.2 Å². The zero-order valence-corrected chi connectivity index (χ0v) is 22.3. The largest absolute Gasteiger partial charge is 0.480 e. The van der Waals surface area contributed by atoms with Crippen molar-refractivity contribution in [3.05, 3.63) is 29.8 Å². The van der Waals surface area contributed by atoms with Crippen LogP contribution in [0.1, 0.15) is 19.4 Å². The first-order chi connectivity index (χ1) is 17.5. The van der Waals surface area contributed by atoms with E-state index in [0.717, 1.165) is 16.2 Å². The Bertz CT molecular complexity index is 913. The summed E-state index contributed by atoms with van der Waals surface area (Å²) in [5.41, 5.74) is 1.83. The van der Waals surface area contributed by atoms with Crippen molar-refractivity contribution < 1.29 is 34.4 Å². The van der Waals surface area contributed by atoms with E-state index in [9.17, 15) is 29.7 Å². The molecular formula is C25H38N4O7S. The van der Waals surface area contributed by atoms with E-state index in [2.05, 4.69) is 5.32 Å². The SMILES string of the molecule is CC(C)C(=S)Nc1ccc(C[C@H]2CN(CC(=O)O)CCN(CC(=O)O)CCOCCN2CC(=O)O)cc1. The average Bonchev–Trinajstić information content (AvgIpc) is 2.80. The number of ether oxygens (including phenoxy) is 1. The minimum atomic E-state index is -1.000. The summed E-state index contributed by atoms with van der Waals surface area (Å²) in [4.78, 5) is 40.5. The highest BCUT2D eigenvalue weighted by atomic mass is 32.1. The van der Waals surface area contributed by atoms with Crippen LogP contribution in [-0.2, 0) is 25.5 Å². The van der Waals surface area contributed by atoms with Crippen molar-refractivity contribution >= 4 is 40.8 Å². The third kappa shape index (κ3) is 12.0. The van der Waals surface area contributed by atoms with Crippen molar-refractivity contribution in [3.63, 3.8) is 0 Å². The monoisotopic (exact) mass is 538 g/mol. The van der Waals surface area contributed by atoms with Crippen LogP contribution in [0.15, 0.2) is 24.3 Å². The first-order valence-electron chi connectivity index (χ1n) is 12.3. The molecule has 37 heavy (non-hydrogen) atoms. The lowest BCUT2D eigenvalue weighted by atomic mass is 10.0. The van der Waals surface area contributed by atoms with E-state index in [1.165, 1.54) is 0 Å². The highest BCUT2D eigenvalue weighted by Gasteiger charge is 2.26. The van der Waals surface area contributed by atoms with Gasteiger partial charge in [0.2, 0.25) is 0 Å². The lowest BCUT2D eigenvalue weighted by Crippen LogP contribution is -2.51. The summed E-state index contributed by atoms with van der Waals surface area (Å²) < 4.78 is 5.69. The Morgan fingerprint density at radius 3 is 2.08 bits per heavy atom. The van der Waals surface area contributed by atoms with Crippen LogP contribution in [0.4, 0.5) is 5.69 Å². The maximum atomic E-state index is 11.7. The van der Waals surface area contributed by atoms with Gasteiger partial charge in [0.15, 0.2) is 0 Å². The summed E-state index contributed by atoms with van der Waals surface area (Å²) in [5.74, 6) is -2.73. The van der Waals surface area contributed by atoms with Crippen LogP contribution in [0.3, 0.4) is 0 Å². The molecular weight excluding hydrogens is 500 g/mol. The summed E-state index contributed by atoms with van der Waals surface area (Å²) in [7, 11) is 0. The Balaban J connectivity index is 2.26. The number of rotatable bonds is 10. The second kappa shape index (κ2) is 15.6. The summed E-state index contributed by atoms with van der Waals surface area (Å²) in [6.45, 7) is 5.70. The van der Waals surface area contributed by atoms with Gasteiger partial charge in [-0.05, 0) is 24.1 Å². The lowest BCUT2D eigenvalue weighted by molar-refractivity contribution is -0.141. The molecule has 0 amide bonds. The van der Waals surface area contributed by atoms with E-state index in [-0.39, 0.29) is 38.2 Å². The standard InChI is InChI=1S/C25H38N4O7S/c1-18(2)25(37)26-20-5-3-19(4-6-20)13-21-14-28(16-23(32)33)8-7-27(15-22(30)31)9-11-36-12-10-29(21)17-24(34)35/h3-6,18,21H,7-17H2,1-2H3,(H,26,37)(H,30,31)(H,32,33)(H,34,35)/t21-/m0/s1. The number of benzene rings is 1. The van der Waals surface area contributed by atoms with E-state index in [0.29, 0.717) is 45.8 Å². The molecule has 1 aromatic carbocycles. The predicted molar refractivity (Wildman–Crippen MR) is 143 cm³/mol. The maximum absolute atomic E-state index is 11.7. The van der Waals surface area contributed by atoms with Crippen LogP contribution in [0.5, 0.6) is 0 Å². The number of thiocarbonyl (C=S) groups is 1. The van der Waals surface area contributed by atoms with E-state index in [4.69, 9.17) is 17.0 Å². The number of nitrogens with one attached hydrogen (secondary N) is 1. The number of hydrogen-bond donors (Lipinski definition) is 4. The van der Waals surface area contributed by atoms with Crippen LogP contribution >= 0.6 is 12.2 Å². The Morgan fingerprint density at radius 2 is 1.49 bits per heavy atom. The van der Waals surface area contributed by atoms with Crippen LogP contribution in [-0.4, -0.2) is 125 Å². The van der Waals surface area contributed by atoms with Crippen molar-refractivity contribution in [2.75, 3.05) is 70.9 Å². The van der Waals surface area contributed by atoms with Crippen LogP contribution in [0.25, 0.3) is 0 Å². The van der Waals surface area contributed by atoms with Gasteiger partial charge in [-0.3, -0.25) is 29.1 Å². The fraction of sp³-hybridized carbons (Fsp3) is 0.600. The molecule has 2 rings (SSSR count).